The lowest BCUT2D eigenvalue weighted by Crippen LogP contribution is -2.40. The van der Waals surface area contributed by atoms with Crippen LogP contribution in [0.2, 0.25) is 0 Å². The molecule has 1 saturated carbocycles. The van der Waals surface area contributed by atoms with Gasteiger partial charge in [-0.15, -0.1) is 11.3 Å². The van der Waals surface area contributed by atoms with Crippen LogP contribution >= 0.6 is 11.3 Å². The molecule has 1 aliphatic carbocycles. The Balaban J connectivity index is 1.14. The number of carbonyl (C=O) groups excluding carboxylic acids is 1. The fourth-order valence-corrected chi connectivity index (χ4v) is 6.31. The monoisotopic (exact) mass is 483 g/mol. The predicted molar refractivity (Wildman–Crippen MR) is 134 cm³/mol. The number of carbonyl (C=O) groups is 1. The zero-order chi connectivity index (χ0) is 23.8. The highest BCUT2D eigenvalue weighted by atomic mass is 32.1. The number of nitriles is 1. The number of fused-ring (bicyclic) bond motifs is 1. The Bertz CT molecular complexity index is 1420. The van der Waals surface area contributed by atoms with Crippen molar-refractivity contribution in [3.63, 3.8) is 0 Å². The van der Waals surface area contributed by atoms with E-state index in [1.54, 1.807) is 17.4 Å². The molecule has 8 heteroatoms. The summed E-state index contributed by atoms with van der Waals surface area (Å²) in [4.78, 5) is 23.9. The summed E-state index contributed by atoms with van der Waals surface area (Å²) in [5.41, 5.74) is 4.10. The number of thiazole rings is 1. The fraction of sp³-hybridized carbons (Fsp3) is 0.333. The van der Waals surface area contributed by atoms with E-state index in [-0.39, 0.29) is 6.09 Å². The van der Waals surface area contributed by atoms with Crippen LogP contribution in [0.4, 0.5) is 4.79 Å². The van der Waals surface area contributed by atoms with Gasteiger partial charge in [0.25, 0.3) is 0 Å². The zero-order valence-electron chi connectivity index (χ0n) is 19.3. The molecule has 2 aromatic heterocycles. The Hall–Kier alpha value is -3.70. The number of hydrogen-bond donors (Lipinski definition) is 0. The standard InChI is InChI=1S/C27H25N5O2S/c28-13-19-8-9-22-24(11-19)32(18-29-22)14-20-5-4-10-27(12-20)17-31(26(33)34-27)15-25-30-23(16-35-25)21-6-2-1-3-7-21/h1-3,6-9,11,16,18,20H,4-5,10,12,14-15,17H2/t20-,27-/m0/s1. The Kier molecular flexibility index (Phi) is 5.50. The smallest absolute Gasteiger partial charge is 0.410 e. The summed E-state index contributed by atoms with van der Waals surface area (Å²) < 4.78 is 8.17. The molecule has 176 valence electrons. The molecule has 1 aliphatic heterocycles. The van der Waals surface area contributed by atoms with Gasteiger partial charge in [-0.3, -0.25) is 4.90 Å². The molecule has 0 bridgehead atoms. The molecule has 7 nitrogen and oxygen atoms in total. The molecular formula is C27H25N5O2S. The number of hydrogen-bond acceptors (Lipinski definition) is 6. The first-order chi connectivity index (χ1) is 17.1. The highest BCUT2D eigenvalue weighted by molar-refractivity contribution is 7.09. The molecule has 4 aromatic rings. The summed E-state index contributed by atoms with van der Waals surface area (Å²) in [7, 11) is 0. The van der Waals surface area contributed by atoms with Gasteiger partial charge in [0.05, 0.1) is 47.8 Å². The van der Waals surface area contributed by atoms with Crippen LogP contribution < -0.4 is 0 Å². The Morgan fingerprint density at radius 2 is 2.11 bits per heavy atom. The predicted octanol–water partition coefficient (Wildman–Crippen LogP) is 5.61. The van der Waals surface area contributed by atoms with Gasteiger partial charge in [0.1, 0.15) is 10.6 Å². The highest BCUT2D eigenvalue weighted by Gasteiger charge is 2.48. The largest absolute Gasteiger partial charge is 0.441 e. The minimum atomic E-state index is -0.437. The normalized spacial score (nSPS) is 22.0. The van der Waals surface area contributed by atoms with Crippen molar-refractivity contribution < 1.29 is 9.53 Å². The molecule has 6 rings (SSSR count). The van der Waals surface area contributed by atoms with Crippen molar-refractivity contribution in [1.82, 2.24) is 19.4 Å². The third kappa shape index (κ3) is 4.28. The minimum Gasteiger partial charge on any atom is -0.441 e. The number of imidazole rings is 1. The summed E-state index contributed by atoms with van der Waals surface area (Å²) in [5.74, 6) is 0.379. The summed E-state index contributed by atoms with van der Waals surface area (Å²) in [6, 6.07) is 17.9. The van der Waals surface area contributed by atoms with Crippen molar-refractivity contribution >= 4 is 28.5 Å². The van der Waals surface area contributed by atoms with Crippen molar-refractivity contribution in [3.8, 4) is 17.3 Å². The Morgan fingerprint density at radius 1 is 1.23 bits per heavy atom. The van der Waals surface area contributed by atoms with Crippen molar-refractivity contribution in [2.24, 2.45) is 5.92 Å². The van der Waals surface area contributed by atoms with Crippen molar-refractivity contribution in [2.75, 3.05) is 6.54 Å². The first-order valence-electron chi connectivity index (χ1n) is 11.9. The van der Waals surface area contributed by atoms with Gasteiger partial charge in [-0.2, -0.15) is 5.26 Å². The number of nitrogens with zero attached hydrogens (tertiary/aromatic N) is 5. The minimum absolute atomic E-state index is 0.242. The Labute approximate surface area is 207 Å². The molecule has 1 amide bonds. The molecule has 2 aromatic carbocycles. The molecule has 2 aliphatic rings. The van der Waals surface area contributed by atoms with Gasteiger partial charge in [-0.05, 0) is 49.8 Å². The molecule has 35 heavy (non-hydrogen) atoms. The van der Waals surface area contributed by atoms with Crippen LogP contribution in [0.5, 0.6) is 0 Å². The average Bonchev–Trinajstić information content (AvgIpc) is 3.58. The number of aromatic nitrogens is 3. The lowest BCUT2D eigenvalue weighted by molar-refractivity contribution is 0.00415. The van der Waals surface area contributed by atoms with Crippen LogP contribution in [0, 0.1) is 17.2 Å². The van der Waals surface area contributed by atoms with Crippen LogP contribution in [0.25, 0.3) is 22.3 Å². The molecule has 2 fully saturated rings. The van der Waals surface area contributed by atoms with E-state index in [2.05, 4.69) is 15.6 Å². The van der Waals surface area contributed by atoms with E-state index in [1.165, 1.54) is 0 Å². The summed E-state index contributed by atoms with van der Waals surface area (Å²) in [6.07, 6.45) is 5.45. The molecule has 2 atom stereocenters. The van der Waals surface area contributed by atoms with E-state index in [0.29, 0.717) is 24.6 Å². The van der Waals surface area contributed by atoms with Crippen LogP contribution in [0.15, 0.2) is 60.2 Å². The maximum absolute atomic E-state index is 12.8. The lowest BCUT2D eigenvalue weighted by atomic mass is 9.78. The number of rotatable bonds is 5. The molecule has 1 saturated heterocycles. The van der Waals surface area contributed by atoms with Gasteiger partial charge in [0.2, 0.25) is 0 Å². The van der Waals surface area contributed by atoms with Crippen LogP contribution in [0.1, 0.15) is 36.3 Å². The third-order valence-corrected chi connectivity index (χ3v) is 7.93. The van der Waals surface area contributed by atoms with Gasteiger partial charge in [-0.1, -0.05) is 30.3 Å². The molecule has 0 N–H and O–H groups in total. The molecule has 1 spiro atoms. The molecule has 3 heterocycles. The average molecular weight is 484 g/mol. The van der Waals surface area contributed by atoms with E-state index < -0.39 is 5.60 Å². The van der Waals surface area contributed by atoms with E-state index in [9.17, 15) is 10.1 Å². The summed E-state index contributed by atoms with van der Waals surface area (Å²) in [6.45, 7) is 1.88. The van der Waals surface area contributed by atoms with Gasteiger partial charge in [-0.25, -0.2) is 14.8 Å². The molecule has 0 unspecified atom stereocenters. The van der Waals surface area contributed by atoms with E-state index in [1.807, 2.05) is 59.1 Å². The van der Waals surface area contributed by atoms with Crippen molar-refractivity contribution in [1.29, 1.82) is 5.26 Å². The number of amides is 1. The number of benzene rings is 2. The first kappa shape index (κ1) is 21.8. The summed E-state index contributed by atoms with van der Waals surface area (Å²) in [5, 5.41) is 12.2. The SMILES string of the molecule is N#Cc1ccc2ncn(C[C@H]3CCC[C@]4(C3)CN(Cc3nc(-c5ccccc5)cs3)C(=O)O4)c2c1. The second-order valence-electron chi connectivity index (χ2n) is 9.57. The van der Waals surface area contributed by atoms with Gasteiger partial charge >= 0.3 is 6.09 Å². The first-order valence-corrected chi connectivity index (χ1v) is 12.8. The van der Waals surface area contributed by atoms with Crippen molar-refractivity contribution in [2.45, 2.75) is 44.4 Å². The van der Waals surface area contributed by atoms with Crippen LogP contribution in [0.3, 0.4) is 0 Å². The fourth-order valence-electron chi connectivity index (χ4n) is 5.49. The van der Waals surface area contributed by atoms with Crippen LogP contribution in [-0.4, -0.2) is 37.7 Å². The second-order valence-corrected chi connectivity index (χ2v) is 10.5. The van der Waals surface area contributed by atoms with Crippen molar-refractivity contribution in [3.05, 3.63) is 70.8 Å². The van der Waals surface area contributed by atoms with Gasteiger partial charge < -0.3 is 9.30 Å². The highest BCUT2D eigenvalue weighted by Crippen LogP contribution is 2.41. The van der Waals surface area contributed by atoms with Gasteiger partial charge in [0, 0.05) is 17.5 Å². The quantitative estimate of drug-likeness (QED) is 0.368. The van der Waals surface area contributed by atoms with Crippen LogP contribution in [-0.2, 0) is 17.8 Å². The molecular weight excluding hydrogens is 458 g/mol. The Morgan fingerprint density at radius 3 is 2.97 bits per heavy atom. The maximum Gasteiger partial charge on any atom is 0.410 e. The maximum atomic E-state index is 12.8. The van der Waals surface area contributed by atoms with E-state index in [4.69, 9.17) is 9.72 Å². The molecule has 0 radical (unpaired) electrons. The number of ether oxygens (including phenoxy) is 1. The van der Waals surface area contributed by atoms with Gasteiger partial charge in [0.15, 0.2) is 0 Å². The van der Waals surface area contributed by atoms with E-state index >= 15 is 0 Å². The lowest BCUT2D eigenvalue weighted by Gasteiger charge is -2.36. The topological polar surface area (TPSA) is 84.0 Å². The third-order valence-electron chi connectivity index (χ3n) is 7.10. The second kappa shape index (κ2) is 8.82. The van der Waals surface area contributed by atoms with E-state index in [0.717, 1.165) is 59.5 Å². The zero-order valence-corrected chi connectivity index (χ0v) is 20.1. The summed E-state index contributed by atoms with van der Waals surface area (Å²) >= 11 is 1.58.